The topological polar surface area (TPSA) is 38.1 Å². The first-order valence-corrected chi connectivity index (χ1v) is 11.4. The van der Waals surface area contributed by atoms with Crippen molar-refractivity contribution in [2.24, 2.45) is 0 Å². The van der Waals surface area contributed by atoms with Crippen LogP contribution < -0.4 is 0 Å². The molecular formula is C27H23ClFN3O. The second kappa shape index (κ2) is 9.20. The van der Waals surface area contributed by atoms with E-state index < -0.39 is 5.82 Å². The van der Waals surface area contributed by atoms with Gasteiger partial charge in [-0.1, -0.05) is 72.3 Å². The molecule has 4 aromatic rings. The zero-order valence-corrected chi connectivity index (χ0v) is 18.8. The maximum absolute atomic E-state index is 13.8. The fraction of sp³-hybridized carbons (Fsp3) is 0.185. The third-order valence-corrected chi connectivity index (χ3v) is 6.45. The summed E-state index contributed by atoms with van der Waals surface area (Å²) in [6.45, 7) is 1.17. The Morgan fingerprint density at radius 1 is 0.879 bits per heavy atom. The number of aromatic nitrogens is 2. The number of rotatable bonds is 4. The van der Waals surface area contributed by atoms with E-state index in [0.717, 1.165) is 35.4 Å². The molecule has 1 aliphatic rings. The van der Waals surface area contributed by atoms with Gasteiger partial charge in [0.2, 0.25) is 0 Å². The number of benzene rings is 3. The summed E-state index contributed by atoms with van der Waals surface area (Å²) in [5, 5.41) is 5.00. The number of likely N-dealkylation sites (tertiary alicyclic amines) is 1. The van der Waals surface area contributed by atoms with Crippen LogP contribution in [0.5, 0.6) is 0 Å². The zero-order chi connectivity index (χ0) is 22.8. The van der Waals surface area contributed by atoms with Crippen LogP contribution >= 0.6 is 11.6 Å². The van der Waals surface area contributed by atoms with Crippen LogP contribution in [0.15, 0.2) is 84.9 Å². The van der Waals surface area contributed by atoms with E-state index in [4.69, 9.17) is 16.7 Å². The number of hydrogen-bond donors (Lipinski definition) is 0. The van der Waals surface area contributed by atoms with E-state index in [9.17, 15) is 9.18 Å². The molecule has 5 rings (SSSR count). The Hall–Kier alpha value is -3.44. The molecule has 0 radical (unpaired) electrons. The molecule has 33 heavy (non-hydrogen) atoms. The predicted octanol–water partition coefficient (Wildman–Crippen LogP) is 6.49. The minimum atomic E-state index is -0.574. The number of piperidine rings is 1. The van der Waals surface area contributed by atoms with E-state index in [-0.39, 0.29) is 17.0 Å². The summed E-state index contributed by atoms with van der Waals surface area (Å²) in [7, 11) is 0. The summed E-state index contributed by atoms with van der Waals surface area (Å²) < 4.78 is 15.9. The monoisotopic (exact) mass is 459 g/mol. The molecular weight excluding hydrogens is 437 g/mol. The molecule has 3 aromatic carbocycles. The highest BCUT2D eigenvalue weighted by atomic mass is 35.5. The molecule has 0 aliphatic carbocycles. The van der Waals surface area contributed by atoms with Crippen molar-refractivity contribution in [3.05, 3.63) is 101 Å². The van der Waals surface area contributed by atoms with Crippen molar-refractivity contribution in [1.29, 1.82) is 0 Å². The van der Waals surface area contributed by atoms with Gasteiger partial charge in [0.15, 0.2) is 0 Å². The van der Waals surface area contributed by atoms with Crippen molar-refractivity contribution in [1.82, 2.24) is 14.7 Å². The number of carbonyl (C=O) groups is 1. The van der Waals surface area contributed by atoms with Crippen molar-refractivity contribution >= 4 is 17.5 Å². The first-order valence-electron chi connectivity index (χ1n) is 11.0. The Morgan fingerprint density at radius 2 is 1.52 bits per heavy atom. The molecule has 1 amide bonds. The number of hydrogen-bond acceptors (Lipinski definition) is 2. The third kappa shape index (κ3) is 4.41. The lowest BCUT2D eigenvalue weighted by Crippen LogP contribution is -2.39. The zero-order valence-electron chi connectivity index (χ0n) is 18.0. The molecule has 1 saturated heterocycles. The molecule has 0 saturated carbocycles. The average molecular weight is 460 g/mol. The fourth-order valence-corrected chi connectivity index (χ4v) is 4.49. The third-order valence-electron chi connectivity index (χ3n) is 6.14. The van der Waals surface area contributed by atoms with Gasteiger partial charge in [-0.15, -0.1) is 0 Å². The maximum atomic E-state index is 13.8. The molecule has 4 nitrogen and oxygen atoms in total. The summed E-state index contributed by atoms with van der Waals surface area (Å²) >= 11 is 5.76. The Labute approximate surface area is 197 Å². The molecule has 1 fully saturated rings. The Bertz CT molecular complexity index is 1270. The van der Waals surface area contributed by atoms with E-state index in [2.05, 4.69) is 35.0 Å². The van der Waals surface area contributed by atoms with Gasteiger partial charge >= 0.3 is 0 Å². The van der Waals surface area contributed by atoms with Gasteiger partial charge < -0.3 is 4.90 Å². The summed E-state index contributed by atoms with van der Waals surface area (Å²) in [5.41, 5.74) is 4.52. The standard InChI is InChI=1S/C27H23ClFN3O/c28-23-12-11-21(17-24(23)29)27(33)31-15-13-22(14-16-31)32-26(20-9-5-2-6-10-20)18-25(30-32)19-7-3-1-4-8-19/h1-12,17-18,22H,13-16H2. The van der Waals surface area contributed by atoms with Crippen molar-refractivity contribution in [2.45, 2.75) is 18.9 Å². The van der Waals surface area contributed by atoms with Crippen molar-refractivity contribution in [2.75, 3.05) is 13.1 Å². The van der Waals surface area contributed by atoms with Crippen LogP contribution in [0.2, 0.25) is 5.02 Å². The molecule has 6 heteroatoms. The minimum Gasteiger partial charge on any atom is -0.338 e. The average Bonchev–Trinajstić information content (AvgIpc) is 3.32. The number of carbonyl (C=O) groups excluding carboxylic acids is 1. The van der Waals surface area contributed by atoms with Gasteiger partial charge in [0, 0.05) is 24.2 Å². The highest BCUT2D eigenvalue weighted by Gasteiger charge is 2.27. The number of amides is 1. The van der Waals surface area contributed by atoms with Crippen LogP contribution in [-0.4, -0.2) is 33.7 Å². The van der Waals surface area contributed by atoms with Crippen LogP contribution in [0, 0.1) is 5.82 Å². The minimum absolute atomic E-state index is 0.0200. The normalized spacial score (nSPS) is 14.4. The SMILES string of the molecule is O=C(c1ccc(Cl)c(F)c1)N1CCC(n2nc(-c3ccccc3)cc2-c2ccccc2)CC1. The maximum Gasteiger partial charge on any atom is 0.253 e. The smallest absolute Gasteiger partial charge is 0.253 e. The Balaban J connectivity index is 1.39. The molecule has 2 heterocycles. The Morgan fingerprint density at radius 3 is 2.15 bits per heavy atom. The van der Waals surface area contributed by atoms with E-state index in [1.807, 2.05) is 36.4 Å². The highest BCUT2D eigenvalue weighted by Crippen LogP contribution is 2.32. The largest absolute Gasteiger partial charge is 0.338 e. The summed E-state index contributed by atoms with van der Waals surface area (Å²) in [4.78, 5) is 14.7. The van der Waals surface area contributed by atoms with Crippen molar-refractivity contribution in [3.63, 3.8) is 0 Å². The van der Waals surface area contributed by atoms with Crippen LogP contribution in [0.4, 0.5) is 4.39 Å². The molecule has 0 unspecified atom stereocenters. The second-order valence-electron chi connectivity index (χ2n) is 8.24. The number of nitrogens with zero attached hydrogens (tertiary/aromatic N) is 3. The van der Waals surface area contributed by atoms with E-state index in [1.54, 1.807) is 11.0 Å². The predicted molar refractivity (Wildman–Crippen MR) is 129 cm³/mol. The first-order chi connectivity index (χ1) is 16.1. The van der Waals surface area contributed by atoms with Gasteiger partial charge in [0.25, 0.3) is 5.91 Å². The molecule has 166 valence electrons. The second-order valence-corrected chi connectivity index (χ2v) is 8.65. The van der Waals surface area contributed by atoms with Gasteiger partial charge in [-0.05, 0) is 42.7 Å². The van der Waals surface area contributed by atoms with Gasteiger partial charge in [0.1, 0.15) is 5.82 Å². The quantitative estimate of drug-likeness (QED) is 0.350. The van der Waals surface area contributed by atoms with Crippen LogP contribution in [0.1, 0.15) is 29.2 Å². The molecule has 0 bridgehead atoms. The lowest BCUT2D eigenvalue weighted by atomic mass is 10.0. The van der Waals surface area contributed by atoms with Crippen LogP contribution in [0.25, 0.3) is 22.5 Å². The fourth-order valence-electron chi connectivity index (χ4n) is 4.37. The molecule has 1 aromatic heterocycles. The molecule has 0 spiro atoms. The summed E-state index contributed by atoms with van der Waals surface area (Å²) in [5.74, 6) is -0.743. The highest BCUT2D eigenvalue weighted by molar-refractivity contribution is 6.30. The van der Waals surface area contributed by atoms with E-state index >= 15 is 0 Å². The van der Waals surface area contributed by atoms with Gasteiger partial charge in [-0.3, -0.25) is 9.48 Å². The van der Waals surface area contributed by atoms with E-state index in [0.29, 0.717) is 18.7 Å². The first kappa shape index (κ1) is 21.4. The van der Waals surface area contributed by atoms with Gasteiger partial charge in [-0.2, -0.15) is 5.10 Å². The molecule has 1 aliphatic heterocycles. The lowest BCUT2D eigenvalue weighted by molar-refractivity contribution is 0.0690. The van der Waals surface area contributed by atoms with Gasteiger partial charge in [-0.25, -0.2) is 4.39 Å². The lowest BCUT2D eigenvalue weighted by Gasteiger charge is -2.33. The molecule has 0 atom stereocenters. The summed E-state index contributed by atoms with van der Waals surface area (Å²) in [6.07, 6.45) is 1.55. The number of halogens is 2. The summed E-state index contributed by atoms with van der Waals surface area (Å²) in [6, 6.07) is 26.9. The van der Waals surface area contributed by atoms with Crippen LogP contribution in [-0.2, 0) is 0 Å². The Kier molecular flexibility index (Phi) is 5.97. The van der Waals surface area contributed by atoms with E-state index in [1.165, 1.54) is 12.1 Å². The van der Waals surface area contributed by atoms with Crippen LogP contribution in [0.3, 0.4) is 0 Å². The molecule has 0 N–H and O–H groups in total. The van der Waals surface area contributed by atoms with Crippen molar-refractivity contribution < 1.29 is 9.18 Å². The van der Waals surface area contributed by atoms with Gasteiger partial charge in [0.05, 0.1) is 22.5 Å². The van der Waals surface area contributed by atoms with Crippen molar-refractivity contribution in [3.8, 4) is 22.5 Å².